The van der Waals surface area contributed by atoms with Crippen LogP contribution in [0.3, 0.4) is 0 Å². The Hall–Kier alpha value is -1.08. The summed E-state index contributed by atoms with van der Waals surface area (Å²) < 4.78 is 0. The van der Waals surface area contributed by atoms with E-state index in [4.69, 9.17) is 0 Å². The normalized spacial score (nSPS) is 23.8. The standard InChI is InChI=1S/C11H14O/c1-4-5-10-6-8(2)11(12)9(3)7-10/h4,6,11-12H,1-3,5,7H2. The van der Waals surface area contributed by atoms with E-state index >= 15 is 0 Å². The van der Waals surface area contributed by atoms with E-state index in [-0.39, 0.29) is 0 Å². The minimum absolute atomic E-state index is 0.543. The van der Waals surface area contributed by atoms with Crippen LogP contribution in [0.4, 0.5) is 0 Å². The van der Waals surface area contributed by atoms with Gasteiger partial charge in [-0.25, -0.2) is 0 Å². The lowest BCUT2D eigenvalue weighted by Crippen LogP contribution is -2.15. The van der Waals surface area contributed by atoms with Gasteiger partial charge in [0.15, 0.2) is 0 Å². The van der Waals surface area contributed by atoms with E-state index < -0.39 is 6.10 Å². The fraction of sp³-hybridized carbons (Fsp3) is 0.273. The van der Waals surface area contributed by atoms with Crippen molar-refractivity contribution in [1.29, 1.82) is 0 Å². The Bertz CT molecular complexity index is 258. The summed E-state index contributed by atoms with van der Waals surface area (Å²) in [6, 6.07) is 0. The molecule has 0 spiro atoms. The van der Waals surface area contributed by atoms with Crippen LogP contribution in [0.5, 0.6) is 0 Å². The second-order valence-electron chi connectivity index (χ2n) is 3.11. The summed E-state index contributed by atoms with van der Waals surface area (Å²) in [5.74, 6) is 0. The van der Waals surface area contributed by atoms with Gasteiger partial charge in [0.05, 0.1) is 6.10 Å². The third-order valence-electron chi connectivity index (χ3n) is 1.99. The molecule has 12 heavy (non-hydrogen) atoms. The maximum atomic E-state index is 9.46. The molecule has 0 aromatic carbocycles. The number of aliphatic hydroxyl groups excluding tert-OH is 1. The minimum Gasteiger partial charge on any atom is -0.384 e. The maximum absolute atomic E-state index is 9.46. The highest BCUT2D eigenvalue weighted by Gasteiger charge is 2.17. The molecule has 1 rings (SSSR count). The van der Waals surface area contributed by atoms with Crippen molar-refractivity contribution in [3.05, 3.63) is 48.6 Å². The van der Waals surface area contributed by atoms with Crippen molar-refractivity contribution in [3.8, 4) is 0 Å². The number of rotatable bonds is 2. The Morgan fingerprint density at radius 1 is 1.58 bits per heavy atom. The molecule has 0 amide bonds. The Labute approximate surface area is 73.4 Å². The predicted molar refractivity (Wildman–Crippen MR) is 51.8 cm³/mol. The van der Waals surface area contributed by atoms with Gasteiger partial charge in [0.1, 0.15) is 0 Å². The van der Waals surface area contributed by atoms with Gasteiger partial charge in [-0.1, -0.05) is 30.9 Å². The summed E-state index contributed by atoms with van der Waals surface area (Å²) >= 11 is 0. The van der Waals surface area contributed by atoms with Crippen LogP contribution in [-0.2, 0) is 0 Å². The van der Waals surface area contributed by atoms with Gasteiger partial charge < -0.3 is 5.11 Å². The van der Waals surface area contributed by atoms with Gasteiger partial charge in [0, 0.05) is 0 Å². The average molecular weight is 162 g/mol. The summed E-state index contributed by atoms with van der Waals surface area (Å²) in [4.78, 5) is 0. The molecule has 0 heterocycles. The second-order valence-corrected chi connectivity index (χ2v) is 3.11. The molecule has 1 nitrogen and oxygen atoms in total. The Morgan fingerprint density at radius 2 is 2.25 bits per heavy atom. The quantitative estimate of drug-likeness (QED) is 0.618. The minimum atomic E-state index is -0.543. The van der Waals surface area contributed by atoms with Crippen LogP contribution in [0.2, 0.25) is 0 Å². The first-order chi connectivity index (χ1) is 5.65. The number of aliphatic hydroxyl groups is 1. The Balaban J connectivity index is 2.81. The number of allylic oxidation sites excluding steroid dienone is 2. The Morgan fingerprint density at radius 3 is 2.75 bits per heavy atom. The van der Waals surface area contributed by atoms with Crippen LogP contribution in [0.25, 0.3) is 0 Å². The summed E-state index contributed by atoms with van der Waals surface area (Å²) in [5.41, 5.74) is 2.80. The number of hydrogen-bond donors (Lipinski definition) is 1. The van der Waals surface area contributed by atoms with Gasteiger partial charge in [0.2, 0.25) is 0 Å². The van der Waals surface area contributed by atoms with E-state index in [9.17, 15) is 5.11 Å². The van der Waals surface area contributed by atoms with E-state index in [0.29, 0.717) is 0 Å². The molecular formula is C11H14O. The second kappa shape index (κ2) is 3.55. The molecule has 0 aromatic rings. The SMILES string of the molecule is C=CCC1=CC(=C)C(O)C(=C)C1. The molecule has 0 saturated heterocycles. The first-order valence-electron chi connectivity index (χ1n) is 4.00. The van der Waals surface area contributed by atoms with Crippen LogP contribution >= 0.6 is 0 Å². The van der Waals surface area contributed by atoms with Crippen molar-refractivity contribution >= 4 is 0 Å². The first kappa shape index (κ1) is 9.01. The zero-order chi connectivity index (χ0) is 9.14. The number of hydrogen-bond acceptors (Lipinski definition) is 1. The zero-order valence-corrected chi connectivity index (χ0v) is 7.21. The fourth-order valence-corrected chi connectivity index (χ4v) is 1.36. The molecule has 0 radical (unpaired) electrons. The molecule has 1 heteroatoms. The van der Waals surface area contributed by atoms with Crippen LogP contribution in [0, 0.1) is 0 Å². The van der Waals surface area contributed by atoms with Gasteiger partial charge in [-0.3, -0.25) is 0 Å². The molecule has 1 unspecified atom stereocenters. The largest absolute Gasteiger partial charge is 0.384 e. The lowest BCUT2D eigenvalue weighted by Gasteiger charge is -2.21. The fourth-order valence-electron chi connectivity index (χ4n) is 1.36. The molecule has 0 aromatic heterocycles. The average Bonchev–Trinajstić information content (AvgIpc) is 2.01. The molecule has 1 aliphatic rings. The molecular weight excluding hydrogens is 148 g/mol. The van der Waals surface area contributed by atoms with Crippen LogP contribution in [0.15, 0.2) is 48.6 Å². The topological polar surface area (TPSA) is 20.2 Å². The Kier molecular flexibility index (Phi) is 2.66. The highest BCUT2D eigenvalue weighted by molar-refractivity contribution is 5.39. The molecule has 1 atom stereocenters. The van der Waals surface area contributed by atoms with Crippen LogP contribution in [0.1, 0.15) is 12.8 Å². The smallest absolute Gasteiger partial charge is 0.0995 e. The van der Waals surface area contributed by atoms with Gasteiger partial charge in [-0.2, -0.15) is 0 Å². The maximum Gasteiger partial charge on any atom is 0.0995 e. The van der Waals surface area contributed by atoms with E-state index in [1.54, 1.807) is 0 Å². The highest BCUT2D eigenvalue weighted by Crippen LogP contribution is 2.27. The van der Waals surface area contributed by atoms with E-state index in [1.807, 2.05) is 12.2 Å². The summed E-state index contributed by atoms with van der Waals surface area (Å²) in [5, 5.41) is 9.46. The van der Waals surface area contributed by atoms with Crippen molar-refractivity contribution in [2.75, 3.05) is 0 Å². The summed E-state index contributed by atoms with van der Waals surface area (Å²) in [7, 11) is 0. The van der Waals surface area contributed by atoms with Crippen molar-refractivity contribution < 1.29 is 5.11 Å². The lowest BCUT2D eigenvalue weighted by molar-refractivity contribution is 0.245. The van der Waals surface area contributed by atoms with Crippen LogP contribution in [-0.4, -0.2) is 11.2 Å². The summed E-state index contributed by atoms with van der Waals surface area (Å²) in [6.07, 6.45) is 4.86. The molecule has 0 saturated carbocycles. The third-order valence-corrected chi connectivity index (χ3v) is 1.99. The van der Waals surface area contributed by atoms with Crippen molar-refractivity contribution in [2.24, 2.45) is 0 Å². The first-order valence-corrected chi connectivity index (χ1v) is 4.00. The van der Waals surface area contributed by atoms with Gasteiger partial charge in [-0.05, 0) is 24.0 Å². The monoisotopic (exact) mass is 162 g/mol. The molecule has 1 aliphatic carbocycles. The van der Waals surface area contributed by atoms with E-state index in [2.05, 4.69) is 19.7 Å². The molecule has 0 bridgehead atoms. The molecule has 0 aliphatic heterocycles. The highest BCUT2D eigenvalue weighted by atomic mass is 16.3. The van der Waals surface area contributed by atoms with E-state index in [0.717, 1.165) is 24.0 Å². The van der Waals surface area contributed by atoms with Crippen molar-refractivity contribution in [3.63, 3.8) is 0 Å². The zero-order valence-electron chi connectivity index (χ0n) is 7.21. The van der Waals surface area contributed by atoms with Crippen molar-refractivity contribution in [1.82, 2.24) is 0 Å². The van der Waals surface area contributed by atoms with Gasteiger partial charge in [0.25, 0.3) is 0 Å². The molecule has 1 N–H and O–H groups in total. The summed E-state index contributed by atoms with van der Waals surface area (Å²) in [6.45, 7) is 11.2. The van der Waals surface area contributed by atoms with E-state index in [1.165, 1.54) is 5.57 Å². The predicted octanol–water partition coefficient (Wildman–Crippen LogP) is 2.37. The van der Waals surface area contributed by atoms with Gasteiger partial charge >= 0.3 is 0 Å². The molecule has 0 fully saturated rings. The third kappa shape index (κ3) is 1.74. The van der Waals surface area contributed by atoms with Gasteiger partial charge in [-0.15, -0.1) is 6.58 Å². The van der Waals surface area contributed by atoms with Crippen molar-refractivity contribution in [2.45, 2.75) is 18.9 Å². The lowest BCUT2D eigenvalue weighted by atomic mass is 9.88. The van der Waals surface area contributed by atoms with Crippen LogP contribution < -0.4 is 0 Å². The molecule has 64 valence electrons.